The molecule has 1 heterocycles. The monoisotopic (exact) mass is 367 g/mol. The van der Waals surface area contributed by atoms with Crippen LogP contribution in [0.25, 0.3) is 0 Å². The second-order valence-electron chi connectivity index (χ2n) is 7.17. The summed E-state index contributed by atoms with van der Waals surface area (Å²) < 4.78 is 5.80. The summed E-state index contributed by atoms with van der Waals surface area (Å²) in [5.41, 5.74) is 5.59. The molecule has 0 aliphatic carbocycles. The van der Waals surface area contributed by atoms with Crippen LogP contribution in [0.4, 0.5) is 16.2 Å². The van der Waals surface area contributed by atoms with E-state index in [1.807, 2.05) is 25.1 Å². The number of amides is 2. The van der Waals surface area contributed by atoms with Crippen molar-refractivity contribution in [2.75, 3.05) is 36.5 Å². The van der Waals surface area contributed by atoms with E-state index in [2.05, 4.69) is 47.6 Å². The van der Waals surface area contributed by atoms with Gasteiger partial charge >= 0.3 is 6.03 Å². The Labute approximate surface area is 161 Å². The van der Waals surface area contributed by atoms with Gasteiger partial charge in [-0.3, -0.25) is 0 Å². The van der Waals surface area contributed by atoms with Crippen LogP contribution in [-0.4, -0.2) is 32.3 Å². The fraction of sp³-hybridized carbons (Fsp3) is 0.409. The highest BCUT2D eigenvalue weighted by Gasteiger charge is 2.12. The van der Waals surface area contributed by atoms with Gasteiger partial charge in [0.15, 0.2) is 0 Å². The summed E-state index contributed by atoms with van der Waals surface area (Å²) >= 11 is 0. The Morgan fingerprint density at radius 2 is 1.67 bits per heavy atom. The number of nitrogens with zero attached hydrogens (tertiary/aromatic N) is 1. The molecule has 3 rings (SSSR count). The lowest BCUT2D eigenvalue weighted by Gasteiger charge is -2.18. The van der Waals surface area contributed by atoms with E-state index in [1.165, 1.54) is 29.7 Å². The number of anilines is 2. The lowest BCUT2D eigenvalue weighted by atomic mass is 10.1. The molecule has 2 amide bonds. The first-order valence-corrected chi connectivity index (χ1v) is 9.63. The minimum atomic E-state index is -0.218. The zero-order valence-electron chi connectivity index (χ0n) is 16.5. The third kappa shape index (κ3) is 5.16. The zero-order valence-corrected chi connectivity index (χ0v) is 16.5. The van der Waals surface area contributed by atoms with Gasteiger partial charge in [-0.15, -0.1) is 0 Å². The van der Waals surface area contributed by atoms with Crippen LogP contribution in [0.15, 0.2) is 36.4 Å². The van der Waals surface area contributed by atoms with Gasteiger partial charge in [-0.05, 0) is 80.6 Å². The average Bonchev–Trinajstić information content (AvgIpc) is 3.18. The lowest BCUT2D eigenvalue weighted by Crippen LogP contribution is -2.32. The number of urea groups is 1. The van der Waals surface area contributed by atoms with Crippen LogP contribution in [0, 0.1) is 20.8 Å². The Balaban J connectivity index is 1.41. The Kier molecular flexibility index (Phi) is 6.22. The maximum absolute atomic E-state index is 12.0. The first kappa shape index (κ1) is 19.1. The molecule has 27 heavy (non-hydrogen) atoms. The van der Waals surface area contributed by atoms with Gasteiger partial charge in [0, 0.05) is 24.5 Å². The molecular formula is C22H29N3O2. The Hall–Kier alpha value is -2.69. The van der Waals surface area contributed by atoms with E-state index in [0.717, 1.165) is 30.1 Å². The van der Waals surface area contributed by atoms with Crippen LogP contribution in [-0.2, 0) is 0 Å². The third-order valence-corrected chi connectivity index (χ3v) is 5.03. The normalized spacial score (nSPS) is 13.5. The molecule has 0 bridgehead atoms. The van der Waals surface area contributed by atoms with E-state index in [-0.39, 0.29) is 6.03 Å². The number of hydrogen-bond donors (Lipinski definition) is 2. The summed E-state index contributed by atoms with van der Waals surface area (Å²) in [6.07, 6.45) is 2.51. The number of ether oxygens (including phenoxy) is 1. The number of aryl methyl sites for hydroxylation is 3. The van der Waals surface area contributed by atoms with Crippen molar-refractivity contribution in [2.45, 2.75) is 33.6 Å². The van der Waals surface area contributed by atoms with E-state index >= 15 is 0 Å². The number of carbonyl (C=O) groups is 1. The minimum Gasteiger partial charge on any atom is -0.491 e. The van der Waals surface area contributed by atoms with Crippen molar-refractivity contribution >= 4 is 17.4 Å². The van der Waals surface area contributed by atoms with Crippen LogP contribution < -0.4 is 20.3 Å². The van der Waals surface area contributed by atoms with Crippen molar-refractivity contribution in [1.29, 1.82) is 0 Å². The van der Waals surface area contributed by atoms with Gasteiger partial charge in [0.25, 0.3) is 0 Å². The van der Waals surface area contributed by atoms with Crippen molar-refractivity contribution in [2.24, 2.45) is 0 Å². The molecule has 0 unspecified atom stereocenters. The van der Waals surface area contributed by atoms with E-state index in [4.69, 9.17) is 4.74 Å². The molecule has 2 N–H and O–H groups in total. The average molecular weight is 367 g/mol. The van der Waals surface area contributed by atoms with E-state index in [9.17, 15) is 4.79 Å². The van der Waals surface area contributed by atoms with Gasteiger partial charge in [-0.2, -0.15) is 0 Å². The van der Waals surface area contributed by atoms with Crippen LogP contribution in [0.3, 0.4) is 0 Å². The smallest absolute Gasteiger partial charge is 0.319 e. The quantitative estimate of drug-likeness (QED) is 0.744. The molecule has 2 aromatic rings. The largest absolute Gasteiger partial charge is 0.491 e. The SMILES string of the molecule is Cc1cc(C)c(OCCNC(=O)Nc2ccc(N3CCCC3)cc2)cc1C. The summed E-state index contributed by atoms with van der Waals surface area (Å²) in [6, 6.07) is 12.0. The molecule has 144 valence electrons. The molecule has 0 radical (unpaired) electrons. The summed E-state index contributed by atoms with van der Waals surface area (Å²) in [5, 5.41) is 5.69. The predicted octanol–water partition coefficient (Wildman–Crippen LogP) is 4.41. The predicted molar refractivity (Wildman–Crippen MR) is 111 cm³/mol. The second-order valence-corrected chi connectivity index (χ2v) is 7.17. The molecule has 0 spiro atoms. The highest BCUT2D eigenvalue weighted by atomic mass is 16.5. The Morgan fingerprint density at radius 3 is 2.37 bits per heavy atom. The van der Waals surface area contributed by atoms with Crippen LogP contribution >= 0.6 is 0 Å². The Morgan fingerprint density at radius 1 is 1.00 bits per heavy atom. The number of rotatable bonds is 6. The molecule has 1 aliphatic rings. The fourth-order valence-corrected chi connectivity index (χ4v) is 3.32. The van der Waals surface area contributed by atoms with Crippen LogP contribution in [0.1, 0.15) is 29.5 Å². The first-order chi connectivity index (χ1) is 13.0. The molecule has 0 saturated carbocycles. The van der Waals surface area contributed by atoms with Crippen molar-refractivity contribution in [3.05, 3.63) is 53.1 Å². The van der Waals surface area contributed by atoms with Crippen molar-refractivity contribution in [3.63, 3.8) is 0 Å². The molecule has 5 heteroatoms. The van der Waals surface area contributed by atoms with Gasteiger partial charge in [0.2, 0.25) is 0 Å². The van der Waals surface area contributed by atoms with Gasteiger partial charge in [0.1, 0.15) is 12.4 Å². The third-order valence-electron chi connectivity index (χ3n) is 5.03. The summed E-state index contributed by atoms with van der Waals surface area (Å²) in [6.45, 7) is 9.32. The van der Waals surface area contributed by atoms with E-state index < -0.39 is 0 Å². The summed E-state index contributed by atoms with van der Waals surface area (Å²) in [4.78, 5) is 14.4. The molecule has 1 saturated heterocycles. The molecule has 1 aliphatic heterocycles. The van der Waals surface area contributed by atoms with Crippen LogP contribution in [0.5, 0.6) is 5.75 Å². The zero-order chi connectivity index (χ0) is 19.2. The number of hydrogen-bond acceptors (Lipinski definition) is 3. The fourth-order valence-electron chi connectivity index (χ4n) is 3.32. The maximum atomic E-state index is 12.0. The molecule has 0 atom stereocenters. The van der Waals surface area contributed by atoms with Crippen molar-refractivity contribution in [3.8, 4) is 5.75 Å². The molecule has 1 fully saturated rings. The van der Waals surface area contributed by atoms with Gasteiger partial charge < -0.3 is 20.3 Å². The summed E-state index contributed by atoms with van der Waals surface area (Å²) in [5.74, 6) is 0.873. The first-order valence-electron chi connectivity index (χ1n) is 9.63. The van der Waals surface area contributed by atoms with Gasteiger partial charge in [0.05, 0.1) is 6.54 Å². The highest BCUT2D eigenvalue weighted by Crippen LogP contribution is 2.23. The van der Waals surface area contributed by atoms with Crippen molar-refractivity contribution < 1.29 is 9.53 Å². The lowest BCUT2D eigenvalue weighted by molar-refractivity contribution is 0.247. The van der Waals surface area contributed by atoms with E-state index in [0.29, 0.717) is 13.2 Å². The molecular weight excluding hydrogens is 338 g/mol. The Bertz CT molecular complexity index is 781. The van der Waals surface area contributed by atoms with Gasteiger partial charge in [-0.1, -0.05) is 6.07 Å². The number of nitrogens with one attached hydrogen (secondary N) is 2. The van der Waals surface area contributed by atoms with Crippen molar-refractivity contribution in [1.82, 2.24) is 5.32 Å². The highest BCUT2D eigenvalue weighted by molar-refractivity contribution is 5.89. The van der Waals surface area contributed by atoms with E-state index in [1.54, 1.807) is 0 Å². The maximum Gasteiger partial charge on any atom is 0.319 e. The second kappa shape index (κ2) is 8.80. The van der Waals surface area contributed by atoms with Gasteiger partial charge in [-0.25, -0.2) is 4.79 Å². The molecule has 5 nitrogen and oxygen atoms in total. The molecule has 0 aromatic heterocycles. The topological polar surface area (TPSA) is 53.6 Å². The summed E-state index contributed by atoms with van der Waals surface area (Å²) in [7, 11) is 0. The minimum absolute atomic E-state index is 0.218. The number of benzene rings is 2. The van der Waals surface area contributed by atoms with Crippen LogP contribution in [0.2, 0.25) is 0 Å². The number of carbonyl (C=O) groups excluding carboxylic acids is 1. The standard InChI is InChI=1S/C22H29N3O2/c1-16-14-18(3)21(15-17(16)2)27-13-10-23-22(26)24-19-6-8-20(9-7-19)25-11-4-5-12-25/h6-9,14-15H,4-5,10-13H2,1-3H3,(H2,23,24,26). The molecule has 2 aromatic carbocycles.